The molecule has 13 heteroatoms. The van der Waals surface area contributed by atoms with E-state index in [2.05, 4.69) is 26.1 Å². The Morgan fingerprint density at radius 2 is 1.86 bits per heavy atom. The number of nitriles is 1. The fourth-order valence-electron chi connectivity index (χ4n) is 3.98. The monoisotopic (exact) mass is 511 g/mol. The van der Waals surface area contributed by atoms with Gasteiger partial charge < -0.3 is 15.0 Å². The molecule has 1 aliphatic rings. The fourth-order valence-corrected chi connectivity index (χ4v) is 3.98. The lowest BCUT2D eigenvalue weighted by atomic mass is 9.86. The zero-order valence-electron chi connectivity index (χ0n) is 19.4. The number of aryl methyl sites for hydroxylation is 1. The van der Waals surface area contributed by atoms with E-state index in [1.165, 1.54) is 6.33 Å². The zero-order chi connectivity index (χ0) is 26.8. The number of carbonyl (C=O) groups excluding carboxylic acids is 1. The van der Waals surface area contributed by atoms with Crippen molar-refractivity contribution in [3.8, 4) is 17.3 Å². The first-order chi connectivity index (χ1) is 17.5. The number of H-pyrrole nitrogens is 1. The van der Waals surface area contributed by atoms with Crippen molar-refractivity contribution >= 4 is 22.9 Å². The Morgan fingerprint density at radius 1 is 1.19 bits per heavy atom. The van der Waals surface area contributed by atoms with Crippen molar-refractivity contribution in [3.63, 3.8) is 0 Å². The number of rotatable bonds is 4. The average Bonchev–Trinajstić information content (AvgIpc) is 3.51. The molecule has 0 unspecified atom stereocenters. The number of carboxylic acid groups (broad SMARTS) is 1. The summed E-state index contributed by atoms with van der Waals surface area (Å²) in [6, 6.07) is 11.7. The molecule has 0 saturated carbocycles. The van der Waals surface area contributed by atoms with Crippen molar-refractivity contribution in [2.75, 3.05) is 13.1 Å². The van der Waals surface area contributed by atoms with E-state index >= 15 is 0 Å². The Balaban J connectivity index is 0.000000405. The van der Waals surface area contributed by atoms with Crippen molar-refractivity contribution < 1.29 is 27.9 Å². The number of aromatic nitrogens is 5. The number of carbonyl (C=O) groups is 2. The lowest BCUT2D eigenvalue weighted by Gasteiger charge is -2.49. The number of nitrogens with zero attached hydrogens (tertiary/aromatic N) is 6. The molecule has 4 aromatic rings. The number of aromatic amines is 1. The van der Waals surface area contributed by atoms with E-state index in [1.807, 2.05) is 54.3 Å². The number of carboxylic acids is 1. The molecular weight excluding hydrogens is 491 g/mol. The third-order valence-electron chi connectivity index (χ3n) is 5.90. The van der Waals surface area contributed by atoms with Gasteiger partial charge in [0, 0.05) is 42.0 Å². The molecule has 0 aliphatic carbocycles. The highest BCUT2D eigenvalue weighted by molar-refractivity contribution is 5.95. The van der Waals surface area contributed by atoms with Gasteiger partial charge in [0.1, 0.15) is 17.5 Å². The Morgan fingerprint density at radius 3 is 2.49 bits per heavy atom. The van der Waals surface area contributed by atoms with Gasteiger partial charge in [-0.25, -0.2) is 14.8 Å². The Labute approximate surface area is 208 Å². The minimum atomic E-state index is -5.08. The second-order valence-corrected chi connectivity index (χ2v) is 8.53. The number of benzene rings is 1. The number of likely N-dealkylation sites (tertiary alicyclic amines) is 1. The summed E-state index contributed by atoms with van der Waals surface area (Å²) in [7, 11) is 0. The maximum absolute atomic E-state index is 12.8. The molecule has 5 rings (SSSR count). The van der Waals surface area contributed by atoms with Crippen molar-refractivity contribution in [2.45, 2.75) is 25.1 Å². The van der Waals surface area contributed by atoms with E-state index in [1.54, 1.807) is 11.1 Å². The molecule has 10 nitrogen and oxygen atoms in total. The maximum Gasteiger partial charge on any atom is 0.490 e. The third-order valence-corrected chi connectivity index (χ3v) is 5.90. The summed E-state index contributed by atoms with van der Waals surface area (Å²) in [6.45, 7) is 2.87. The maximum atomic E-state index is 12.8. The number of hydrogen-bond acceptors (Lipinski definition) is 6. The van der Waals surface area contributed by atoms with Crippen molar-refractivity contribution in [3.05, 3.63) is 66.4 Å². The number of fused-ring (bicyclic) bond motifs is 1. The van der Waals surface area contributed by atoms with Gasteiger partial charge in [0.25, 0.3) is 5.91 Å². The Bertz CT molecular complexity index is 1480. The van der Waals surface area contributed by atoms with E-state index in [4.69, 9.17) is 9.90 Å². The van der Waals surface area contributed by atoms with E-state index in [0.29, 0.717) is 18.7 Å². The SMILES string of the molecule is Cc1ccc(C(=O)N2CC(CC#N)(n3cc(-c4ncnc5[nH]ccc45)cn3)C2)cc1.O=C(O)C(F)(F)F. The molecule has 190 valence electrons. The second kappa shape index (κ2) is 9.73. The number of halogens is 3. The molecule has 37 heavy (non-hydrogen) atoms. The summed E-state index contributed by atoms with van der Waals surface area (Å²) in [5.41, 5.74) is 3.63. The summed E-state index contributed by atoms with van der Waals surface area (Å²) >= 11 is 0. The molecule has 0 bridgehead atoms. The molecule has 0 radical (unpaired) electrons. The van der Waals surface area contributed by atoms with Gasteiger partial charge >= 0.3 is 12.1 Å². The first-order valence-electron chi connectivity index (χ1n) is 10.9. The summed E-state index contributed by atoms with van der Waals surface area (Å²) in [5.74, 6) is -2.78. The van der Waals surface area contributed by atoms with E-state index in [-0.39, 0.29) is 12.3 Å². The summed E-state index contributed by atoms with van der Waals surface area (Å²) in [4.78, 5) is 35.2. The van der Waals surface area contributed by atoms with E-state index in [9.17, 15) is 23.2 Å². The molecule has 1 aromatic carbocycles. The first-order valence-corrected chi connectivity index (χ1v) is 10.9. The molecule has 2 N–H and O–H groups in total. The molecule has 3 aromatic heterocycles. The molecule has 1 saturated heterocycles. The van der Waals surface area contributed by atoms with Gasteiger partial charge in [-0.2, -0.15) is 23.5 Å². The van der Waals surface area contributed by atoms with Crippen LogP contribution in [0.1, 0.15) is 22.3 Å². The molecular formula is C24H20F3N7O3. The fraction of sp³-hybridized carbons (Fsp3) is 0.250. The van der Waals surface area contributed by atoms with Crippen LogP contribution in [0, 0.1) is 18.3 Å². The van der Waals surface area contributed by atoms with Gasteiger partial charge in [-0.1, -0.05) is 17.7 Å². The van der Waals surface area contributed by atoms with Crippen molar-refractivity contribution in [1.82, 2.24) is 29.6 Å². The average molecular weight is 511 g/mol. The number of hydrogen-bond donors (Lipinski definition) is 2. The Hall–Kier alpha value is -4.73. The molecule has 0 spiro atoms. The second-order valence-electron chi connectivity index (χ2n) is 8.53. The zero-order valence-corrected chi connectivity index (χ0v) is 19.4. The smallest absolute Gasteiger partial charge is 0.475 e. The van der Waals surface area contributed by atoms with Crippen LogP contribution in [-0.2, 0) is 10.3 Å². The van der Waals surface area contributed by atoms with Crippen LogP contribution in [0.5, 0.6) is 0 Å². The summed E-state index contributed by atoms with van der Waals surface area (Å²) in [6.07, 6.45) is 2.18. The first kappa shape index (κ1) is 25.4. The Kier molecular flexibility index (Phi) is 6.67. The van der Waals surface area contributed by atoms with E-state index in [0.717, 1.165) is 27.9 Å². The predicted octanol–water partition coefficient (Wildman–Crippen LogP) is 3.53. The van der Waals surface area contributed by atoms with Crippen LogP contribution in [0.2, 0.25) is 0 Å². The molecule has 1 aliphatic heterocycles. The normalized spacial score (nSPS) is 14.3. The van der Waals surface area contributed by atoms with Crippen molar-refractivity contribution in [2.24, 2.45) is 0 Å². The predicted molar refractivity (Wildman–Crippen MR) is 124 cm³/mol. The molecule has 1 fully saturated rings. The topological polar surface area (TPSA) is 141 Å². The van der Waals surface area contributed by atoms with Crippen LogP contribution >= 0.6 is 0 Å². The van der Waals surface area contributed by atoms with E-state index < -0.39 is 17.7 Å². The molecule has 4 heterocycles. The standard InChI is InChI=1S/C22H19N7O.C2HF3O2/c1-15-2-4-16(5-3-15)21(30)28-12-22(13-28,7-8-23)29-11-17(10-27-29)19-18-6-9-24-20(18)26-14-25-19;3-2(4,5)1(6)7/h2-6,9-11,14H,7,12-13H2,1H3,(H,24,25,26);(H,6,7). The highest BCUT2D eigenvalue weighted by atomic mass is 19.4. The minimum absolute atomic E-state index is 0.0271. The van der Waals surface area contributed by atoms with Gasteiger partial charge in [0.05, 0.1) is 24.4 Å². The third kappa shape index (κ3) is 5.13. The molecule has 1 amide bonds. The van der Waals surface area contributed by atoms with Gasteiger partial charge in [-0.05, 0) is 25.1 Å². The van der Waals surface area contributed by atoms with Gasteiger partial charge in [0.2, 0.25) is 0 Å². The number of nitrogens with one attached hydrogen (secondary N) is 1. The van der Waals surface area contributed by atoms with Gasteiger partial charge in [-0.15, -0.1) is 0 Å². The highest BCUT2D eigenvalue weighted by Crippen LogP contribution is 2.35. The minimum Gasteiger partial charge on any atom is -0.475 e. The lowest BCUT2D eigenvalue weighted by molar-refractivity contribution is -0.192. The van der Waals surface area contributed by atoms with Crippen LogP contribution in [-0.4, -0.2) is 65.9 Å². The highest BCUT2D eigenvalue weighted by Gasteiger charge is 2.47. The van der Waals surface area contributed by atoms with Crippen LogP contribution in [0.25, 0.3) is 22.3 Å². The van der Waals surface area contributed by atoms with Crippen LogP contribution < -0.4 is 0 Å². The lowest BCUT2D eigenvalue weighted by Crippen LogP contribution is -2.64. The largest absolute Gasteiger partial charge is 0.490 e. The van der Waals surface area contributed by atoms with Gasteiger partial charge in [0.15, 0.2) is 0 Å². The molecule has 0 atom stereocenters. The van der Waals surface area contributed by atoms with Crippen LogP contribution in [0.15, 0.2) is 55.2 Å². The van der Waals surface area contributed by atoms with Gasteiger partial charge in [-0.3, -0.25) is 9.48 Å². The quantitative estimate of drug-likeness (QED) is 0.427. The summed E-state index contributed by atoms with van der Waals surface area (Å²) < 4.78 is 33.5. The van der Waals surface area contributed by atoms with Crippen molar-refractivity contribution in [1.29, 1.82) is 5.26 Å². The van der Waals surface area contributed by atoms with Crippen LogP contribution in [0.4, 0.5) is 13.2 Å². The van der Waals surface area contributed by atoms with Crippen LogP contribution in [0.3, 0.4) is 0 Å². The number of aliphatic carboxylic acids is 1. The number of amides is 1. The number of alkyl halides is 3. The summed E-state index contributed by atoms with van der Waals surface area (Å²) in [5, 5.41) is 22.0.